The Morgan fingerprint density at radius 2 is 1.83 bits per heavy atom. The van der Waals surface area contributed by atoms with E-state index in [4.69, 9.17) is 5.10 Å². The first-order valence-electron chi connectivity index (χ1n) is 8.14. The Morgan fingerprint density at radius 1 is 1.04 bits per heavy atom. The minimum Gasteiger partial charge on any atom is -0.504 e. The minimum absolute atomic E-state index is 0.297. The van der Waals surface area contributed by atoms with E-state index in [1.165, 1.54) is 5.56 Å². The number of unbranched alkanes of at least 4 members (excludes halogenated alkanes) is 1. The maximum atomic E-state index is 10.7. The highest BCUT2D eigenvalue weighted by Crippen LogP contribution is 2.35. The summed E-state index contributed by atoms with van der Waals surface area (Å²) in [6.07, 6.45) is 2.89. The lowest BCUT2D eigenvalue weighted by molar-refractivity contribution is 0.469. The van der Waals surface area contributed by atoms with Gasteiger partial charge < -0.3 is 5.11 Å². The highest BCUT2D eigenvalue weighted by atomic mass is 16.3. The largest absolute Gasteiger partial charge is 0.504 e. The Hall–Kier alpha value is -2.55. The van der Waals surface area contributed by atoms with Crippen molar-refractivity contribution in [1.82, 2.24) is 9.78 Å². The Kier molecular flexibility index (Phi) is 4.47. The van der Waals surface area contributed by atoms with Crippen molar-refractivity contribution in [2.24, 2.45) is 0 Å². The second-order valence-electron chi connectivity index (χ2n) is 5.86. The van der Waals surface area contributed by atoms with E-state index in [0.717, 1.165) is 41.9 Å². The van der Waals surface area contributed by atoms with Crippen molar-refractivity contribution >= 4 is 0 Å². The van der Waals surface area contributed by atoms with E-state index in [1.807, 2.05) is 47.1 Å². The van der Waals surface area contributed by atoms with Crippen LogP contribution in [0.15, 0.2) is 54.6 Å². The quantitative estimate of drug-likeness (QED) is 0.728. The van der Waals surface area contributed by atoms with Gasteiger partial charge in [0.1, 0.15) is 11.4 Å². The molecule has 0 fully saturated rings. The van der Waals surface area contributed by atoms with E-state index < -0.39 is 0 Å². The summed E-state index contributed by atoms with van der Waals surface area (Å²) < 4.78 is 1.86. The van der Waals surface area contributed by atoms with Gasteiger partial charge in [-0.25, -0.2) is 4.68 Å². The highest BCUT2D eigenvalue weighted by molar-refractivity contribution is 5.70. The third kappa shape index (κ3) is 3.14. The van der Waals surface area contributed by atoms with Crippen LogP contribution in [0.1, 0.15) is 31.0 Å². The Balaban J connectivity index is 2.17. The summed E-state index contributed by atoms with van der Waals surface area (Å²) in [5, 5.41) is 15.4. The number of hydrogen-bond donors (Lipinski definition) is 1. The molecule has 3 aromatic rings. The molecule has 23 heavy (non-hydrogen) atoms. The van der Waals surface area contributed by atoms with Gasteiger partial charge in [-0.05, 0) is 37.5 Å². The fraction of sp³-hybridized carbons (Fsp3) is 0.250. The van der Waals surface area contributed by atoms with Crippen LogP contribution in [0, 0.1) is 6.92 Å². The summed E-state index contributed by atoms with van der Waals surface area (Å²) >= 11 is 0. The molecular weight excluding hydrogens is 284 g/mol. The number of aryl methyl sites for hydroxylation is 2. The molecule has 0 aliphatic carbocycles. The summed E-state index contributed by atoms with van der Waals surface area (Å²) in [5.74, 6) is 0.297. The van der Waals surface area contributed by atoms with Crippen molar-refractivity contribution in [3.05, 3.63) is 65.9 Å². The normalized spacial score (nSPS) is 10.9. The first-order chi connectivity index (χ1) is 11.2. The van der Waals surface area contributed by atoms with Gasteiger partial charge >= 0.3 is 0 Å². The van der Waals surface area contributed by atoms with E-state index >= 15 is 0 Å². The van der Waals surface area contributed by atoms with Crippen molar-refractivity contribution in [2.75, 3.05) is 0 Å². The van der Waals surface area contributed by atoms with Crippen LogP contribution in [0.25, 0.3) is 16.9 Å². The summed E-state index contributed by atoms with van der Waals surface area (Å²) in [4.78, 5) is 0. The van der Waals surface area contributed by atoms with Gasteiger partial charge in [-0.15, -0.1) is 0 Å². The Morgan fingerprint density at radius 3 is 2.52 bits per heavy atom. The lowest BCUT2D eigenvalue weighted by Crippen LogP contribution is -2.00. The van der Waals surface area contributed by atoms with Gasteiger partial charge in [0.05, 0.1) is 5.69 Å². The number of benzene rings is 2. The lowest BCUT2D eigenvalue weighted by atomic mass is 10.1. The van der Waals surface area contributed by atoms with Gasteiger partial charge in [-0.1, -0.05) is 55.8 Å². The molecule has 3 heteroatoms. The summed E-state index contributed by atoms with van der Waals surface area (Å²) in [6.45, 7) is 4.21. The first kappa shape index (κ1) is 15.3. The maximum absolute atomic E-state index is 10.7. The second-order valence-corrected chi connectivity index (χ2v) is 5.86. The molecule has 0 bridgehead atoms. The third-order valence-electron chi connectivity index (χ3n) is 3.99. The number of nitrogens with zero attached hydrogens (tertiary/aromatic N) is 2. The SMILES string of the molecule is CCCCc1nn(-c2cccc(C)c2)c(-c2ccccc2)c1O. The third-order valence-corrected chi connectivity index (χ3v) is 3.99. The monoisotopic (exact) mass is 306 g/mol. The molecule has 2 aromatic carbocycles. The van der Waals surface area contributed by atoms with E-state index in [9.17, 15) is 5.11 Å². The average Bonchev–Trinajstić information content (AvgIpc) is 2.90. The molecule has 3 rings (SSSR count). The topological polar surface area (TPSA) is 38.0 Å². The van der Waals surface area contributed by atoms with Crippen molar-refractivity contribution in [3.8, 4) is 22.7 Å². The van der Waals surface area contributed by atoms with Crippen molar-refractivity contribution in [3.63, 3.8) is 0 Å². The zero-order valence-electron chi connectivity index (χ0n) is 13.7. The molecule has 1 heterocycles. The fourth-order valence-electron chi connectivity index (χ4n) is 2.77. The van der Waals surface area contributed by atoms with Crippen molar-refractivity contribution in [2.45, 2.75) is 33.1 Å². The van der Waals surface area contributed by atoms with Crippen LogP contribution >= 0.6 is 0 Å². The molecule has 0 radical (unpaired) electrons. The number of aromatic nitrogens is 2. The van der Waals surface area contributed by atoms with Crippen molar-refractivity contribution in [1.29, 1.82) is 0 Å². The lowest BCUT2D eigenvalue weighted by Gasteiger charge is -2.08. The Labute approximate surface area is 137 Å². The fourth-order valence-corrected chi connectivity index (χ4v) is 2.77. The molecule has 1 N–H and O–H groups in total. The van der Waals surface area contributed by atoms with E-state index in [0.29, 0.717) is 5.75 Å². The second kappa shape index (κ2) is 6.69. The summed E-state index contributed by atoms with van der Waals surface area (Å²) in [6, 6.07) is 18.1. The maximum Gasteiger partial charge on any atom is 0.165 e. The molecule has 3 nitrogen and oxygen atoms in total. The zero-order valence-corrected chi connectivity index (χ0v) is 13.7. The zero-order chi connectivity index (χ0) is 16.2. The molecule has 0 atom stereocenters. The summed E-state index contributed by atoms with van der Waals surface area (Å²) in [5.41, 5.74) is 4.66. The predicted molar refractivity (Wildman–Crippen MR) is 94.0 cm³/mol. The molecule has 0 spiro atoms. The minimum atomic E-state index is 0.297. The Bertz CT molecular complexity index is 791. The smallest absolute Gasteiger partial charge is 0.165 e. The molecule has 1 aromatic heterocycles. The molecule has 0 amide bonds. The van der Waals surface area contributed by atoms with E-state index in [-0.39, 0.29) is 0 Å². The molecule has 118 valence electrons. The van der Waals surface area contributed by atoms with Crippen LogP contribution in [0.3, 0.4) is 0 Å². The van der Waals surface area contributed by atoms with Crippen LogP contribution in [0.2, 0.25) is 0 Å². The standard InChI is InChI=1S/C20H22N2O/c1-3-4-13-18-20(23)19(16-10-6-5-7-11-16)22(21-18)17-12-8-9-15(2)14-17/h5-12,14,23H,3-4,13H2,1-2H3. The number of hydrogen-bond acceptors (Lipinski definition) is 2. The van der Waals surface area contributed by atoms with Gasteiger partial charge in [0.25, 0.3) is 0 Å². The van der Waals surface area contributed by atoms with Gasteiger partial charge in [-0.2, -0.15) is 5.10 Å². The molecule has 0 aliphatic rings. The molecule has 0 aliphatic heterocycles. The van der Waals surface area contributed by atoms with E-state index in [2.05, 4.69) is 26.0 Å². The van der Waals surface area contributed by atoms with Gasteiger partial charge in [0.2, 0.25) is 0 Å². The van der Waals surface area contributed by atoms with Gasteiger partial charge in [-0.3, -0.25) is 0 Å². The van der Waals surface area contributed by atoms with Crippen molar-refractivity contribution < 1.29 is 5.11 Å². The number of rotatable bonds is 5. The van der Waals surface area contributed by atoms with Crippen LogP contribution in [-0.4, -0.2) is 14.9 Å². The summed E-state index contributed by atoms with van der Waals surface area (Å²) in [7, 11) is 0. The highest BCUT2D eigenvalue weighted by Gasteiger charge is 2.19. The molecule has 0 unspecified atom stereocenters. The average molecular weight is 306 g/mol. The molecular formula is C20H22N2O. The van der Waals surface area contributed by atoms with Crippen LogP contribution in [0.5, 0.6) is 5.75 Å². The molecule has 0 saturated carbocycles. The van der Waals surface area contributed by atoms with Gasteiger partial charge in [0, 0.05) is 5.56 Å². The molecule has 0 saturated heterocycles. The van der Waals surface area contributed by atoms with E-state index in [1.54, 1.807) is 0 Å². The van der Waals surface area contributed by atoms with Crippen LogP contribution < -0.4 is 0 Å². The number of aromatic hydroxyl groups is 1. The first-order valence-corrected chi connectivity index (χ1v) is 8.14. The predicted octanol–water partition coefficient (Wildman–Crippen LogP) is 4.90. The van der Waals surface area contributed by atoms with Crippen LogP contribution in [-0.2, 0) is 6.42 Å². The van der Waals surface area contributed by atoms with Crippen LogP contribution in [0.4, 0.5) is 0 Å². The van der Waals surface area contributed by atoms with Gasteiger partial charge in [0.15, 0.2) is 5.75 Å².